The van der Waals surface area contributed by atoms with Gasteiger partial charge in [0.1, 0.15) is 22.9 Å². The molecule has 0 spiro atoms. The summed E-state index contributed by atoms with van der Waals surface area (Å²) in [6, 6.07) is 7.20. The molecular formula is C17H12F2O3. The molecule has 112 valence electrons. The summed E-state index contributed by atoms with van der Waals surface area (Å²) in [5.41, 5.74) is 0.407. The summed E-state index contributed by atoms with van der Waals surface area (Å²) < 4.78 is 31.1. The zero-order chi connectivity index (χ0) is 16.1. The van der Waals surface area contributed by atoms with Crippen molar-refractivity contribution in [3.63, 3.8) is 0 Å². The van der Waals surface area contributed by atoms with Crippen LogP contribution in [-0.4, -0.2) is 17.7 Å². The van der Waals surface area contributed by atoms with Crippen LogP contribution < -0.4 is 0 Å². The summed E-state index contributed by atoms with van der Waals surface area (Å²) in [7, 11) is 0. The fourth-order valence-electron chi connectivity index (χ4n) is 1.72. The zero-order valence-corrected chi connectivity index (χ0v) is 11.7. The van der Waals surface area contributed by atoms with Crippen molar-refractivity contribution in [3.8, 4) is 17.6 Å². The molecule has 2 aromatic carbocycles. The molecule has 0 bridgehead atoms. The number of esters is 1. The number of aromatic hydroxyl groups is 1. The van der Waals surface area contributed by atoms with Crippen molar-refractivity contribution in [1.29, 1.82) is 0 Å². The number of hydrogen-bond acceptors (Lipinski definition) is 3. The SMILES string of the molecule is CCOC(=O)c1cc(C#Cc2ccc(F)cc2F)ccc1O. The predicted octanol–water partition coefficient (Wildman–Crippen LogP) is 3.25. The summed E-state index contributed by atoms with van der Waals surface area (Å²) in [6.07, 6.45) is 0. The minimum absolute atomic E-state index is 0.0202. The molecule has 0 unspecified atom stereocenters. The van der Waals surface area contributed by atoms with E-state index in [0.29, 0.717) is 5.56 Å². The van der Waals surface area contributed by atoms with Crippen LogP contribution in [0.5, 0.6) is 5.75 Å². The average molecular weight is 302 g/mol. The fourth-order valence-corrected chi connectivity index (χ4v) is 1.72. The lowest BCUT2D eigenvalue weighted by Gasteiger charge is -2.04. The van der Waals surface area contributed by atoms with Crippen molar-refractivity contribution in [2.24, 2.45) is 0 Å². The van der Waals surface area contributed by atoms with E-state index in [1.54, 1.807) is 6.92 Å². The molecule has 2 aromatic rings. The van der Waals surface area contributed by atoms with E-state index in [0.717, 1.165) is 12.1 Å². The highest BCUT2D eigenvalue weighted by molar-refractivity contribution is 5.92. The lowest BCUT2D eigenvalue weighted by atomic mass is 10.1. The molecule has 0 atom stereocenters. The molecule has 0 saturated carbocycles. The molecule has 0 saturated heterocycles. The number of carbonyl (C=O) groups excluding carboxylic acids is 1. The number of halogens is 2. The van der Waals surface area contributed by atoms with E-state index in [4.69, 9.17) is 4.74 Å². The highest BCUT2D eigenvalue weighted by Crippen LogP contribution is 2.19. The largest absolute Gasteiger partial charge is 0.507 e. The van der Waals surface area contributed by atoms with Crippen LogP contribution in [0.2, 0.25) is 0 Å². The van der Waals surface area contributed by atoms with Gasteiger partial charge in [-0.15, -0.1) is 0 Å². The summed E-state index contributed by atoms with van der Waals surface area (Å²) >= 11 is 0. The summed E-state index contributed by atoms with van der Waals surface area (Å²) in [4.78, 5) is 11.7. The van der Waals surface area contributed by atoms with Gasteiger partial charge in [0.05, 0.1) is 12.2 Å². The number of phenolic OH excluding ortho intramolecular Hbond substituents is 1. The van der Waals surface area contributed by atoms with Crippen molar-refractivity contribution in [3.05, 3.63) is 64.7 Å². The van der Waals surface area contributed by atoms with E-state index < -0.39 is 17.6 Å². The van der Waals surface area contributed by atoms with E-state index in [1.807, 2.05) is 0 Å². The fraction of sp³-hybridized carbons (Fsp3) is 0.118. The molecule has 5 heteroatoms. The van der Waals surface area contributed by atoms with Crippen LogP contribution in [0.1, 0.15) is 28.4 Å². The van der Waals surface area contributed by atoms with Crippen LogP contribution in [0.4, 0.5) is 8.78 Å². The van der Waals surface area contributed by atoms with Gasteiger partial charge in [-0.3, -0.25) is 0 Å². The van der Waals surface area contributed by atoms with Crippen molar-refractivity contribution in [2.45, 2.75) is 6.92 Å². The number of hydrogen-bond donors (Lipinski definition) is 1. The molecule has 3 nitrogen and oxygen atoms in total. The Bertz CT molecular complexity index is 773. The highest BCUT2D eigenvalue weighted by Gasteiger charge is 2.12. The highest BCUT2D eigenvalue weighted by atomic mass is 19.1. The molecule has 22 heavy (non-hydrogen) atoms. The standard InChI is InChI=1S/C17H12F2O3/c1-2-22-17(21)14-9-11(4-8-16(14)20)3-5-12-6-7-13(18)10-15(12)19/h4,6-10,20H,2H2,1H3. The van der Waals surface area contributed by atoms with Gasteiger partial charge in [0.25, 0.3) is 0 Å². The van der Waals surface area contributed by atoms with E-state index in [1.165, 1.54) is 24.3 Å². The first-order chi connectivity index (χ1) is 10.5. The van der Waals surface area contributed by atoms with Gasteiger partial charge in [-0.25, -0.2) is 13.6 Å². The van der Waals surface area contributed by atoms with Gasteiger partial charge >= 0.3 is 5.97 Å². The third-order valence-electron chi connectivity index (χ3n) is 2.76. The Morgan fingerprint density at radius 1 is 1.18 bits per heavy atom. The second kappa shape index (κ2) is 6.72. The van der Waals surface area contributed by atoms with Crippen LogP contribution in [0.3, 0.4) is 0 Å². The smallest absolute Gasteiger partial charge is 0.341 e. The lowest BCUT2D eigenvalue weighted by molar-refractivity contribution is 0.0523. The van der Waals surface area contributed by atoms with E-state index in [9.17, 15) is 18.7 Å². The first kappa shape index (κ1) is 15.5. The third kappa shape index (κ3) is 3.61. The first-order valence-corrected chi connectivity index (χ1v) is 6.48. The Labute approximate surface area is 126 Å². The number of benzene rings is 2. The normalized spacial score (nSPS) is 9.77. The maximum Gasteiger partial charge on any atom is 0.341 e. The molecule has 0 amide bonds. The lowest BCUT2D eigenvalue weighted by Crippen LogP contribution is -2.05. The molecule has 0 heterocycles. The average Bonchev–Trinajstić information content (AvgIpc) is 2.48. The second-order valence-electron chi connectivity index (χ2n) is 4.33. The minimum atomic E-state index is -0.767. The molecular weight excluding hydrogens is 290 g/mol. The molecule has 0 aliphatic heterocycles. The van der Waals surface area contributed by atoms with Crippen LogP contribution >= 0.6 is 0 Å². The van der Waals surface area contributed by atoms with E-state index in [-0.39, 0.29) is 23.5 Å². The number of phenols is 1. The predicted molar refractivity (Wildman–Crippen MR) is 76.4 cm³/mol. The molecule has 0 radical (unpaired) electrons. The Morgan fingerprint density at radius 3 is 2.64 bits per heavy atom. The van der Waals surface area contributed by atoms with E-state index >= 15 is 0 Å². The van der Waals surface area contributed by atoms with Crippen LogP contribution in [0.15, 0.2) is 36.4 Å². The van der Waals surface area contributed by atoms with Gasteiger partial charge in [-0.1, -0.05) is 11.8 Å². The maximum atomic E-state index is 13.5. The Morgan fingerprint density at radius 2 is 1.95 bits per heavy atom. The van der Waals surface area contributed by atoms with Gasteiger partial charge in [0.2, 0.25) is 0 Å². The van der Waals surface area contributed by atoms with Gasteiger partial charge < -0.3 is 9.84 Å². The molecule has 0 aromatic heterocycles. The quantitative estimate of drug-likeness (QED) is 0.684. The van der Waals surface area contributed by atoms with Gasteiger partial charge in [-0.2, -0.15) is 0 Å². The molecule has 1 N–H and O–H groups in total. The van der Waals surface area contributed by atoms with Gasteiger partial charge in [0.15, 0.2) is 0 Å². The van der Waals surface area contributed by atoms with Crippen LogP contribution in [-0.2, 0) is 4.74 Å². The number of carbonyl (C=O) groups is 1. The minimum Gasteiger partial charge on any atom is -0.507 e. The molecule has 0 aliphatic rings. The Balaban J connectivity index is 2.33. The summed E-state index contributed by atoms with van der Waals surface area (Å²) in [5.74, 6) is 2.86. The molecule has 2 rings (SSSR count). The molecule has 0 aliphatic carbocycles. The summed E-state index contributed by atoms with van der Waals surface area (Å²) in [6.45, 7) is 1.82. The second-order valence-corrected chi connectivity index (χ2v) is 4.33. The van der Waals surface area contributed by atoms with Crippen molar-refractivity contribution < 1.29 is 23.4 Å². The number of ether oxygens (including phenoxy) is 1. The monoisotopic (exact) mass is 302 g/mol. The van der Waals surface area contributed by atoms with Crippen LogP contribution in [0, 0.1) is 23.5 Å². The zero-order valence-electron chi connectivity index (χ0n) is 11.7. The first-order valence-electron chi connectivity index (χ1n) is 6.48. The Kier molecular flexibility index (Phi) is 4.74. The van der Waals surface area contributed by atoms with E-state index in [2.05, 4.69) is 11.8 Å². The summed E-state index contributed by atoms with van der Waals surface area (Å²) in [5, 5.41) is 9.64. The number of rotatable bonds is 2. The van der Waals surface area contributed by atoms with Crippen molar-refractivity contribution in [2.75, 3.05) is 6.61 Å². The molecule has 0 fully saturated rings. The maximum absolute atomic E-state index is 13.5. The van der Waals surface area contributed by atoms with Crippen molar-refractivity contribution >= 4 is 5.97 Å². The van der Waals surface area contributed by atoms with Crippen LogP contribution in [0.25, 0.3) is 0 Å². The topological polar surface area (TPSA) is 46.5 Å². The van der Waals surface area contributed by atoms with Crippen molar-refractivity contribution in [1.82, 2.24) is 0 Å². The van der Waals surface area contributed by atoms with Gasteiger partial charge in [-0.05, 0) is 37.3 Å². The Hall–Kier alpha value is -2.87. The third-order valence-corrected chi connectivity index (χ3v) is 2.76. The van der Waals surface area contributed by atoms with Gasteiger partial charge in [0, 0.05) is 11.6 Å².